The lowest BCUT2D eigenvalue weighted by Gasteiger charge is -2.24. The maximum absolute atomic E-state index is 11.9. The molecule has 0 bridgehead atoms. The van der Waals surface area contributed by atoms with Crippen LogP contribution < -0.4 is 15.2 Å². The molecule has 2 aromatic rings. The first-order valence-electron chi connectivity index (χ1n) is 10.1. The van der Waals surface area contributed by atoms with Gasteiger partial charge in [0.2, 0.25) is 5.88 Å². The van der Waals surface area contributed by atoms with Gasteiger partial charge in [-0.1, -0.05) is 0 Å². The van der Waals surface area contributed by atoms with Crippen LogP contribution in [0.25, 0.3) is 10.8 Å². The zero-order chi connectivity index (χ0) is 21.5. The van der Waals surface area contributed by atoms with Crippen LogP contribution in [0.15, 0.2) is 24.4 Å². The standard InChI is InChI=1S/C22H26N4O4/c1-13(2)30-18-8-16-14(7-17(18)20(24)28)4-6-25-21(16)29-12-22-9-15(22)10-26(11-22)19(27)3-5-23/h4,6-8,13,15,19,27H,3,9-12H2,1-2H3,(H2,24,28)/t15-,19?,22+/m1/s1. The third-order valence-corrected chi connectivity index (χ3v) is 5.98. The maximum atomic E-state index is 11.9. The molecule has 2 heterocycles. The van der Waals surface area contributed by atoms with Gasteiger partial charge in [-0.05, 0) is 49.8 Å². The highest BCUT2D eigenvalue weighted by Crippen LogP contribution is 2.58. The summed E-state index contributed by atoms with van der Waals surface area (Å²) in [6.07, 6.45) is 1.96. The molecule has 2 aliphatic rings. The average Bonchev–Trinajstić information content (AvgIpc) is 3.25. The Bertz CT molecular complexity index is 1020. The second-order valence-corrected chi connectivity index (χ2v) is 8.54. The van der Waals surface area contributed by atoms with Crippen molar-refractivity contribution in [1.29, 1.82) is 5.26 Å². The van der Waals surface area contributed by atoms with E-state index in [0.717, 1.165) is 23.7 Å². The monoisotopic (exact) mass is 410 g/mol. The van der Waals surface area contributed by atoms with Crippen LogP contribution in [-0.2, 0) is 0 Å². The Balaban J connectivity index is 1.55. The number of carbonyl (C=O) groups excluding carboxylic acids is 1. The van der Waals surface area contributed by atoms with Crippen molar-refractivity contribution in [1.82, 2.24) is 9.88 Å². The molecule has 30 heavy (non-hydrogen) atoms. The number of hydrogen-bond donors (Lipinski definition) is 2. The highest BCUT2D eigenvalue weighted by atomic mass is 16.5. The lowest BCUT2D eigenvalue weighted by atomic mass is 10.1. The van der Waals surface area contributed by atoms with Crippen molar-refractivity contribution >= 4 is 16.7 Å². The topological polar surface area (TPSA) is 122 Å². The van der Waals surface area contributed by atoms with Gasteiger partial charge >= 0.3 is 0 Å². The number of rotatable bonds is 8. The van der Waals surface area contributed by atoms with Crippen molar-refractivity contribution < 1.29 is 19.4 Å². The number of likely N-dealkylation sites (tertiary alicyclic amines) is 1. The van der Waals surface area contributed by atoms with Crippen LogP contribution in [-0.4, -0.2) is 52.9 Å². The number of aliphatic hydroxyl groups excluding tert-OH is 1. The number of nitrogens with two attached hydrogens (primary N) is 1. The van der Waals surface area contributed by atoms with Crippen LogP contribution in [0.1, 0.15) is 37.0 Å². The van der Waals surface area contributed by atoms with E-state index in [1.807, 2.05) is 30.9 Å². The van der Waals surface area contributed by atoms with E-state index >= 15 is 0 Å². The summed E-state index contributed by atoms with van der Waals surface area (Å²) in [7, 11) is 0. The second kappa shape index (κ2) is 7.74. The van der Waals surface area contributed by atoms with Crippen molar-refractivity contribution in [3.05, 3.63) is 30.0 Å². The molecule has 1 saturated heterocycles. The van der Waals surface area contributed by atoms with Crippen molar-refractivity contribution in [2.75, 3.05) is 19.7 Å². The van der Waals surface area contributed by atoms with E-state index in [9.17, 15) is 9.90 Å². The lowest BCUT2D eigenvalue weighted by molar-refractivity contribution is 0.00944. The fourth-order valence-electron chi connectivity index (χ4n) is 4.34. The molecule has 1 saturated carbocycles. The summed E-state index contributed by atoms with van der Waals surface area (Å²) >= 11 is 0. The zero-order valence-electron chi connectivity index (χ0n) is 17.2. The Labute approximate surface area is 175 Å². The number of pyridine rings is 1. The van der Waals surface area contributed by atoms with Gasteiger partial charge in [-0.2, -0.15) is 5.26 Å². The Kier molecular flexibility index (Phi) is 5.26. The van der Waals surface area contributed by atoms with Crippen molar-refractivity contribution in [3.8, 4) is 17.7 Å². The number of ether oxygens (including phenoxy) is 2. The molecule has 1 amide bonds. The molecule has 8 nitrogen and oxygen atoms in total. The maximum Gasteiger partial charge on any atom is 0.252 e. The molecule has 1 aliphatic heterocycles. The minimum Gasteiger partial charge on any atom is -0.490 e. The number of carbonyl (C=O) groups is 1. The molecule has 2 fully saturated rings. The summed E-state index contributed by atoms with van der Waals surface area (Å²) in [6.45, 7) is 5.74. The Hall–Kier alpha value is -2.89. The van der Waals surface area contributed by atoms with E-state index < -0.39 is 12.1 Å². The smallest absolute Gasteiger partial charge is 0.252 e. The fraction of sp³-hybridized carbons (Fsp3) is 0.500. The predicted octanol–water partition coefficient (Wildman–Crippen LogP) is 2.05. The van der Waals surface area contributed by atoms with Gasteiger partial charge < -0.3 is 20.3 Å². The number of hydrogen-bond acceptors (Lipinski definition) is 7. The summed E-state index contributed by atoms with van der Waals surface area (Å²) in [4.78, 5) is 18.2. The summed E-state index contributed by atoms with van der Waals surface area (Å²) in [5.74, 6) is 0.806. The van der Waals surface area contributed by atoms with Gasteiger partial charge in [0.1, 0.15) is 12.0 Å². The quantitative estimate of drug-likeness (QED) is 0.683. The molecule has 3 atom stereocenters. The average molecular weight is 410 g/mol. The van der Waals surface area contributed by atoms with Gasteiger partial charge in [0.05, 0.1) is 30.8 Å². The van der Waals surface area contributed by atoms with Crippen molar-refractivity contribution in [2.45, 2.75) is 39.0 Å². The van der Waals surface area contributed by atoms with Gasteiger partial charge in [0, 0.05) is 30.1 Å². The fourth-order valence-corrected chi connectivity index (χ4v) is 4.34. The number of aliphatic hydroxyl groups is 1. The molecule has 8 heteroatoms. The Morgan fingerprint density at radius 2 is 2.30 bits per heavy atom. The second-order valence-electron chi connectivity index (χ2n) is 8.54. The van der Waals surface area contributed by atoms with E-state index in [2.05, 4.69) is 4.98 Å². The van der Waals surface area contributed by atoms with Crippen LogP contribution in [0.3, 0.4) is 0 Å². The Morgan fingerprint density at radius 3 is 3.00 bits per heavy atom. The number of aromatic nitrogens is 1. The molecule has 1 aromatic carbocycles. The van der Waals surface area contributed by atoms with Crippen LogP contribution in [0, 0.1) is 22.7 Å². The van der Waals surface area contributed by atoms with E-state index in [-0.39, 0.29) is 17.9 Å². The van der Waals surface area contributed by atoms with E-state index in [0.29, 0.717) is 36.3 Å². The number of nitrogens with zero attached hydrogens (tertiary/aromatic N) is 3. The molecule has 158 valence electrons. The lowest BCUT2D eigenvalue weighted by Crippen LogP contribution is -2.36. The summed E-state index contributed by atoms with van der Waals surface area (Å²) in [5, 5.41) is 20.5. The first kappa shape index (κ1) is 20.4. The summed E-state index contributed by atoms with van der Waals surface area (Å²) in [5.41, 5.74) is 5.85. The zero-order valence-corrected chi connectivity index (χ0v) is 17.2. The van der Waals surface area contributed by atoms with Gasteiger partial charge in [-0.3, -0.25) is 9.69 Å². The van der Waals surface area contributed by atoms with Crippen molar-refractivity contribution in [3.63, 3.8) is 0 Å². The van der Waals surface area contributed by atoms with Crippen LogP contribution >= 0.6 is 0 Å². The van der Waals surface area contributed by atoms with E-state index in [4.69, 9.17) is 20.5 Å². The van der Waals surface area contributed by atoms with Crippen LogP contribution in [0.4, 0.5) is 0 Å². The Morgan fingerprint density at radius 1 is 1.50 bits per heavy atom. The first-order chi connectivity index (χ1) is 14.3. The highest BCUT2D eigenvalue weighted by molar-refractivity contribution is 6.01. The molecule has 3 N–H and O–H groups in total. The minimum absolute atomic E-state index is 0.00922. The summed E-state index contributed by atoms with van der Waals surface area (Å²) < 4.78 is 11.9. The molecule has 1 aliphatic carbocycles. The molecular weight excluding hydrogens is 384 g/mol. The molecule has 4 rings (SSSR count). The number of piperidine rings is 1. The normalized spacial score (nSPS) is 23.8. The van der Waals surface area contributed by atoms with Crippen LogP contribution in [0.2, 0.25) is 0 Å². The highest BCUT2D eigenvalue weighted by Gasteiger charge is 2.61. The number of nitriles is 1. The van der Waals surface area contributed by atoms with Crippen LogP contribution in [0.5, 0.6) is 11.6 Å². The largest absolute Gasteiger partial charge is 0.490 e. The molecular formula is C22H26N4O4. The van der Waals surface area contributed by atoms with Gasteiger partial charge in [0.25, 0.3) is 5.91 Å². The van der Waals surface area contributed by atoms with Gasteiger partial charge in [-0.25, -0.2) is 4.98 Å². The predicted molar refractivity (Wildman–Crippen MR) is 110 cm³/mol. The molecule has 0 radical (unpaired) electrons. The SMILES string of the molecule is CC(C)Oc1cc2c(OC[C@@]34C[C@@H]3CN(C(O)CC#N)C4)nccc2cc1C(N)=O. The number of fused-ring (bicyclic) bond motifs is 2. The number of amides is 1. The van der Waals surface area contributed by atoms with Gasteiger partial charge in [-0.15, -0.1) is 0 Å². The van der Waals surface area contributed by atoms with E-state index in [1.54, 1.807) is 18.3 Å². The van der Waals surface area contributed by atoms with Gasteiger partial charge in [0.15, 0.2) is 0 Å². The molecule has 1 unspecified atom stereocenters. The third-order valence-electron chi connectivity index (χ3n) is 5.98. The molecule has 1 aromatic heterocycles. The minimum atomic E-state index is -0.724. The van der Waals surface area contributed by atoms with Crippen molar-refractivity contribution in [2.24, 2.45) is 17.1 Å². The summed E-state index contributed by atoms with van der Waals surface area (Å²) in [6, 6.07) is 7.29. The number of benzene rings is 1. The number of primary amides is 1. The third kappa shape index (κ3) is 3.78. The first-order valence-corrected chi connectivity index (χ1v) is 10.1. The molecule has 0 spiro atoms. The van der Waals surface area contributed by atoms with E-state index in [1.165, 1.54) is 0 Å².